The maximum absolute atomic E-state index is 5.72. The number of benzene rings is 1. The molecule has 4 heteroatoms. The molecular formula is C14H16BrNOS. The van der Waals surface area contributed by atoms with Gasteiger partial charge in [0.1, 0.15) is 11.5 Å². The van der Waals surface area contributed by atoms with Gasteiger partial charge in [0.05, 0.1) is 12.3 Å². The van der Waals surface area contributed by atoms with Gasteiger partial charge in [-0.15, -0.1) is 0 Å². The van der Waals surface area contributed by atoms with Gasteiger partial charge in [0, 0.05) is 10.2 Å². The van der Waals surface area contributed by atoms with Crippen molar-refractivity contribution < 1.29 is 4.42 Å². The minimum atomic E-state index is 0.714. The molecule has 0 atom stereocenters. The van der Waals surface area contributed by atoms with Crippen LogP contribution in [0.5, 0.6) is 0 Å². The van der Waals surface area contributed by atoms with Crippen LogP contribution in [0.15, 0.2) is 39.2 Å². The van der Waals surface area contributed by atoms with Gasteiger partial charge in [-0.1, -0.05) is 22.0 Å². The molecule has 2 rings (SSSR count). The molecule has 0 aliphatic heterocycles. The third kappa shape index (κ3) is 3.56. The molecule has 0 spiro atoms. The summed E-state index contributed by atoms with van der Waals surface area (Å²) in [5, 5.41) is 3.39. The molecule has 2 aromatic rings. The second kappa shape index (κ2) is 6.34. The number of aryl methyl sites for hydroxylation is 1. The average Bonchev–Trinajstić information content (AvgIpc) is 2.79. The second-order valence-corrected chi connectivity index (χ2v) is 5.90. The largest absolute Gasteiger partial charge is 0.463 e. The van der Waals surface area contributed by atoms with Gasteiger partial charge in [-0.2, -0.15) is 11.8 Å². The molecule has 0 bridgehead atoms. The van der Waals surface area contributed by atoms with Gasteiger partial charge < -0.3 is 9.73 Å². The van der Waals surface area contributed by atoms with Crippen LogP contribution in [0.25, 0.3) is 0 Å². The van der Waals surface area contributed by atoms with Crippen LogP contribution < -0.4 is 5.32 Å². The molecule has 18 heavy (non-hydrogen) atoms. The molecule has 96 valence electrons. The van der Waals surface area contributed by atoms with Crippen molar-refractivity contribution in [1.82, 2.24) is 0 Å². The average molecular weight is 326 g/mol. The number of hydrogen-bond donors (Lipinski definition) is 1. The first-order chi connectivity index (χ1) is 8.69. The van der Waals surface area contributed by atoms with Crippen LogP contribution >= 0.6 is 27.7 Å². The van der Waals surface area contributed by atoms with Crippen LogP contribution in [0.3, 0.4) is 0 Å². The topological polar surface area (TPSA) is 25.2 Å². The lowest BCUT2D eigenvalue weighted by Crippen LogP contribution is -1.99. The van der Waals surface area contributed by atoms with E-state index >= 15 is 0 Å². The van der Waals surface area contributed by atoms with Crippen LogP contribution in [0.4, 0.5) is 5.69 Å². The molecule has 0 saturated carbocycles. The van der Waals surface area contributed by atoms with Gasteiger partial charge in [0.2, 0.25) is 0 Å². The fourth-order valence-electron chi connectivity index (χ4n) is 1.70. The molecule has 0 fully saturated rings. The zero-order chi connectivity index (χ0) is 13.0. The number of rotatable bonds is 5. The van der Waals surface area contributed by atoms with E-state index in [1.54, 1.807) is 11.8 Å². The van der Waals surface area contributed by atoms with E-state index in [2.05, 4.69) is 46.6 Å². The first-order valence-electron chi connectivity index (χ1n) is 5.75. The molecule has 0 amide bonds. The van der Waals surface area contributed by atoms with Crippen LogP contribution in [0.1, 0.15) is 17.1 Å². The maximum Gasteiger partial charge on any atom is 0.123 e. The number of thioether (sulfide) groups is 1. The highest BCUT2D eigenvalue weighted by atomic mass is 79.9. The van der Waals surface area contributed by atoms with Gasteiger partial charge in [-0.05, 0) is 43.0 Å². The van der Waals surface area contributed by atoms with E-state index in [4.69, 9.17) is 4.42 Å². The van der Waals surface area contributed by atoms with E-state index in [0.29, 0.717) is 6.54 Å². The van der Waals surface area contributed by atoms with Crippen LogP contribution in [-0.2, 0) is 12.3 Å². The van der Waals surface area contributed by atoms with E-state index in [1.165, 1.54) is 5.56 Å². The SMILES string of the molecule is CSCc1ccc(CNc2cc(Br)ccc2C)o1. The van der Waals surface area contributed by atoms with E-state index < -0.39 is 0 Å². The fourth-order valence-corrected chi connectivity index (χ4v) is 2.50. The summed E-state index contributed by atoms with van der Waals surface area (Å²) in [5.74, 6) is 2.93. The Morgan fingerprint density at radius 3 is 2.78 bits per heavy atom. The molecular weight excluding hydrogens is 310 g/mol. The van der Waals surface area contributed by atoms with Crippen molar-refractivity contribution in [1.29, 1.82) is 0 Å². The van der Waals surface area contributed by atoms with Crippen molar-refractivity contribution in [2.45, 2.75) is 19.2 Å². The lowest BCUT2D eigenvalue weighted by atomic mass is 10.2. The third-order valence-corrected chi connectivity index (χ3v) is 3.72. The summed E-state index contributed by atoms with van der Waals surface area (Å²) in [4.78, 5) is 0. The van der Waals surface area contributed by atoms with E-state index in [9.17, 15) is 0 Å². The van der Waals surface area contributed by atoms with Gasteiger partial charge in [0.15, 0.2) is 0 Å². The summed E-state index contributed by atoms with van der Waals surface area (Å²) in [6, 6.07) is 10.3. The van der Waals surface area contributed by atoms with E-state index in [-0.39, 0.29) is 0 Å². The zero-order valence-electron chi connectivity index (χ0n) is 10.5. The Labute approximate surface area is 120 Å². The Kier molecular flexibility index (Phi) is 4.78. The third-order valence-electron chi connectivity index (χ3n) is 2.66. The molecule has 1 aromatic carbocycles. The molecule has 1 aromatic heterocycles. The highest BCUT2D eigenvalue weighted by molar-refractivity contribution is 9.10. The van der Waals surface area contributed by atoms with Gasteiger partial charge in [0.25, 0.3) is 0 Å². The number of halogens is 1. The second-order valence-electron chi connectivity index (χ2n) is 4.11. The van der Waals surface area contributed by atoms with Crippen molar-refractivity contribution in [2.24, 2.45) is 0 Å². The minimum absolute atomic E-state index is 0.714. The number of furan rings is 1. The summed E-state index contributed by atoms with van der Waals surface area (Å²) in [6.07, 6.45) is 2.07. The standard InChI is InChI=1S/C14H16BrNOS/c1-10-3-4-11(15)7-14(10)16-8-12-5-6-13(17-12)9-18-2/h3-7,16H,8-9H2,1-2H3. The maximum atomic E-state index is 5.72. The summed E-state index contributed by atoms with van der Waals surface area (Å²) in [6.45, 7) is 2.81. The van der Waals surface area contributed by atoms with Gasteiger partial charge in [-0.25, -0.2) is 0 Å². The molecule has 0 unspecified atom stereocenters. The molecule has 0 aliphatic carbocycles. The van der Waals surface area contributed by atoms with Crippen LogP contribution in [-0.4, -0.2) is 6.26 Å². The number of nitrogens with one attached hydrogen (secondary N) is 1. The summed E-state index contributed by atoms with van der Waals surface area (Å²) < 4.78 is 6.80. The van der Waals surface area contributed by atoms with Crippen molar-refractivity contribution in [3.05, 3.63) is 51.9 Å². The normalized spacial score (nSPS) is 10.6. The Morgan fingerprint density at radius 1 is 1.22 bits per heavy atom. The smallest absolute Gasteiger partial charge is 0.123 e. The van der Waals surface area contributed by atoms with Crippen molar-refractivity contribution >= 4 is 33.4 Å². The quantitative estimate of drug-likeness (QED) is 0.852. The first kappa shape index (κ1) is 13.6. The van der Waals surface area contributed by atoms with Crippen LogP contribution in [0, 0.1) is 6.92 Å². The van der Waals surface area contributed by atoms with Gasteiger partial charge in [-0.3, -0.25) is 0 Å². The predicted molar refractivity (Wildman–Crippen MR) is 82.1 cm³/mol. The molecule has 0 saturated heterocycles. The summed E-state index contributed by atoms with van der Waals surface area (Å²) in [5.41, 5.74) is 2.36. The fraction of sp³-hybridized carbons (Fsp3) is 0.286. The Hall–Kier alpha value is -0.870. The van der Waals surface area contributed by atoms with E-state index in [0.717, 1.165) is 27.4 Å². The Morgan fingerprint density at radius 2 is 2.00 bits per heavy atom. The van der Waals surface area contributed by atoms with E-state index in [1.807, 2.05) is 18.2 Å². The summed E-state index contributed by atoms with van der Waals surface area (Å²) in [7, 11) is 0. The highest BCUT2D eigenvalue weighted by Gasteiger charge is 2.03. The van der Waals surface area contributed by atoms with Crippen molar-refractivity contribution in [2.75, 3.05) is 11.6 Å². The minimum Gasteiger partial charge on any atom is -0.463 e. The first-order valence-corrected chi connectivity index (χ1v) is 7.94. The number of hydrogen-bond acceptors (Lipinski definition) is 3. The highest BCUT2D eigenvalue weighted by Crippen LogP contribution is 2.22. The van der Waals surface area contributed by atoms with Crippen molar-refractivity contribution in [3.63, 3.8) is 0 Å². The predicted octanol–water partition coefficient (Wildman–Crippen LogP) is 4.83. The molecule has 1 N–H and O–H groups in total. The van der Waals surface area contributed by atoms with Gasteiger partial charge >= 0.3 is 0 Å². The molecule has 0 aliphatic rings. The lowest BCUT2D eigenvalue weighted by molar-refractivity contribution is 0.487. The van der Waals surface area contributed by atoms with Crippen molar-refractivity contribution in [3.8, 4) is 0 Å². The molecule has 2 nitrogen and oxygen atoms in total. The number of anilines is 1. The molecule has 0 radical (unpaired) electrons. The Balaban J connectivity index is 1.99. The summed E-state index contributed by atoms with van der Waals surface area (Å²) >= 11 is 5.25. The zero-order valence-corrected chi connectivity index (χ0v) is 12.9. The molecule has 1 heterocycles. The monoisotopic (exact) mass is 325 g/mol. The Bertz CT molecular complexity index is 524. The van der Waals surface area contributed by atoms with Crippen LogP contribution in [0.2, 0.25) is 0 Å². The lowest BCUT2D eigenvalue weighted by Gasteiger charge is -2.08.